The molecular weight excluding hydrogens is 280 g/mol. The summed E-state index contributed by atoms with van der Waals surface area (Å²) in [6.07, 6.45) is 0.222. The van der Waals surface area contributed by atoms with E-state index in [9.17, 15) is 14.9 Å². The Kier molecular flexibility index (Phi) is 5.25. The van der Waals surface area contributed by atoms with Gasteiger partial charge in [-0.05, 0) is 17.0 Å². The number of hydrogen-bond donors (Lipinski definition) is 1. The van der Waals surface area contributed by atoms with Crippen LogP contribution in [0.2, 0.25) is 0 Å². The van der Waals surface area contributed by atoms with E-state index in [-0.39, 0.29) is 23.9 Å². The first-order valence-electron chi connectivity index (χ1n) is 7.11. The number of nitrogens with one attached hydrogen (secondary N) is 1. The zero-order chi connectivity index (χ0) is 15.9. The van der Waals surface area contributed by atoms with Crippen molar-refractivity contribution >= 4 is 11.6 Å². The Morgan fingerprint density at radius 2 is 1.77 bits per heavy atom. The molecule has 0 aliphatic carbocycles. The van der Waals surface area contributed by atoms with Gasteiger partial charge in [-0.3, -0.25) is 14.9 Å². The molecule has 22 heavy (non-hydrogen) atoms. The molecule has 0 aliphatic rings. The Morgan fingerprint density at radius 3 is 2.36 bits per heavy atom. The van der Waals surface area contributed by atoms with Crippen molar-refractivity contribution in [1.29, 1.82) is 0 Å². The number of non-ortho nitro benzene ring substituents is 1. The molecule has 114 valence electrons. The highest BCUT2D eigenvalue weighted by Crippen LogP contribution is 2.14. The summed E-state index contributed by atoms with van der Waals surface area (Å²) >= 11 is 0. The first-order chi connectivity index (χ1) is 10.6. The number of carbonyl (C=O) groups is 1. The third-order valence-electron chi connectivity index (χ3n) is 3.49. The Bertz CT molecular complexity index is 639. The molecule has 2 aromatic rings. The predicted octanol–water partition coefficient (Wildman–Crippen LogP) is 3.06. The van der Waals surface area contributed by atoms with Crippen LogP contribution in [0, 0.1) is 10.1 Å². The highest BCUT2D eigenvalue weighted by Gasteiger charge is 2.09. The predicted molar refractivity (Wildman–Crippen MR) is 84.7 cm³/mol. The van der Waals surface area contributed by atoms with E-state index in [2.05, 4.69) is 12.2 Å². The zero-order valence-electron chi connectivity index (χ0n) is 12.4. The molecule has 0 radical (unpaired) electrons. The molecule has 1 amide bonds. The minimum atomic E-state index is -0.453. The molecule has 0 saturated heterocycles. The minimum absolute atomic E-state index is 0.0295. The second-order valence-electron chi connectivity index (χ2n) is 5.22. The van der Waals surface area contributed by atoms with Crippen molar-refractivity contribution in [1.82, 2.24) is 5.32 Å². The molecular formula is C17H18N2O3. The lowest BCUT2D eigenvalue weighted by Crippen LogP contribution is -2.28. The van der Waals surface area contributed by atoms with Gasteiger partial charge >= 0.3 is 0 Å². The molecule has 0 aromatic heterocycles. The van der Waals surface area contributed by atoms with Gasteiger partial charge in [-0.1, -0.05) is 49.4 Å². The van der Waals surface area contributed by atoms with Gasteiger partial charge in [-0.2, -0.15) is 0 Å². The molecule has 2 rings (SSSR count). The highest BCUT2D eigenvalue weighted by atomic mass is 16.6. The molecule has 0 heterocycles. The van der Waals surface area contributed by atoms with Crippen molar-refractivity contribution < 1.29 is 9.72 Å². The standard InChI is InChI=1S/C17H18N2O3/c1-13(15-5-3-2-4-6-15)12-18-17(20)11-14-7-9-16(10-8-14)19(21)22/h2-10,13H,11-12H2,1H3,(H,18,20). The smallest absolute Gasteiger partial charge is 0.269 e. The van der Waals surface area contributed by atoms with Crippen LogP contribution >= 0.6 is 0 Å². The van der Waals surface area contributed by atoms with Crippen LogP contribution in [-0.4, -0.2) is 17.4 Å². The van der Waals surface area contributed by atoms with Crippen molar-refractivity contribution in [2.24, 2.45) is 0 Å². The largest absolute Gasteiger partial charge is 0.355 e. The maximum absolute atomic E-state index is 11.9. The van der Waals surface area contributed by atoms with Crippen molar-refractivity contribution in [3.63, 3.8) is 0 Å². The van der Waals surface area contributed by atoms with Gasteiger partial charge in [0.05, 0.1) is 11.3 Å². The molecule has 1 N–H and O–H groups in total. The van der Waals surface area contributed by atoms with Crippen LogP contribution in [0.25, 0.3) is 0 Å². The summed E-state index contributed by atoms with van der Waals surface area (Å²) in [4.78, 5) is 22.0. The summed E-state index contributed by atoms with van der Waals surface area (Å²) in [6.45, 7) is 2.62. The molecule has 5 heteroatoms. The molecule has 0 fully saturated rings. The number of carbonyl (C=O) groups excluding carboxylic acids is 1. The van der Waals surface area contributed by atoms with E-state index < -0.39 is 4.92 Å². The fourth-order valence-corrected chi connectivity index (χ4v) is 2.15. The van der Waals surface area contributed by atoms with E-state index in [1.165, 1.54) is 17.7 Å². The number of rotatable bonds is 6. The summed E-state index contributed by atoms with van der Waals surface area (Å²) in [7, 11) is 0. The number of benzene rings is 2. The Morgan fingerprint density at radius 1 is 1.14 bits per heavy atom. The molecule has 1 unspecified atom stereocenters. The SMILES string of the molecule is CC(CNC(=O)Cc1ccc([N+](=O)[O-])cc1)c1ccccc1. The summed E-state index contributed by atoms with van der Waals surface area (Å²) in [5, 5.41) is 13.5. The van der Waals surface area contributed by atoms with Crippen LogP contribution < -0.4 is 5.32 Å². The van der Waals surface area contributed by atoms with Gasteiger partial charge in [-0.15, -0.1) is 0 Å². The number of hydrogen-bond acceptors (Lipinski definition) is 3. The van der Waals surface area contributed by atoms with Gasteiger partial charge in [0.15, 0.2) is 0 Å². The second-order valence-corrected chi connectivity index (χ2v) is 5.22. The first kappa shape index (κ1) is 15.7. The van der Waals surface area contributed by atoms with Crippen LogP contribution in [0.3, 0.4) is 0 Å². The molecule has 0 spiro atoms. The van der Waals surface area contributed by atoms with Crippen molar-refractivity contribution in [2.45, 2.75) is 19.3 Å². The van der Waals surface area contributed by atoms with E-state index in [1.807, 2.05) is 30.3 Å². The van der Waals surface area contributed by atoms with Crippen LogP contribution in [0.1, 0.15) is 24.0 Å². The van der Waals surface area contributed by atoms with E-state index in [4.69, 9.17) is 0 Å². The maximum atomic E-state index is 11.9. The quantitative estimate of drug-likeness (QED) is 0.658. The molecule has 5 nitrogen and oxygen atoms in total. The Hall–Kier alpha value is -2.69. The minimum Gasteiger partial charge on any atom is -0.355 e. The average molecular weight is 298 g/mol. The normalized spacial score (nSPS) is 11.7. The summed E-state index contributed by atoms with van der Waals surface area (Å²) in [6, 6.07) is 16.0. The van der Waals surface area contributed by atoms with Crippen molar-refractivity contribution in [3.05, 3.63) is 75.8 Å². The topological polar surface area (TPSA) is 72.2 Å². The lowest BCUT2D eigenvalue weighted by Gasteiger charge is -2.13. The zero-order valence-corrected chi connectivity index (χ0v) is 12.4. The van der Waals surface area contributed by atoms with E-state index in [1.54, 1.807) is 12.1 Å². The molecule has 1 atom stereocenters. The van der Waals surface area contributed by atoms with Crippen LogP contribution in [0.4, 0.5) is 5.69 Å². The first-order valence-corrected chi connectivity index (χ1v) is 7.11. The molecule has 0 bridgehead atoms. The van der Waals surface area contributed by atoms with Gasteiger partial charge in [0.1, 0.15) is 0 Å². The lowest BCUT2D eigenvalue weighted by molar-refractivity contribution is -0.384. The highest BCUT2D eigenvalue weighted by molar-refractivity contribution is 5.78. The van der Waals surface area contributed by atoms with Crippen LogP contribution in [0.5, 0.6) is 0 Å². The average Bonchev–Trinajstić information content (AvgIpc) is 2.54. The molecule has 0 aliphatic heterocycles. The number of nitro groups is 1. The molecule has 2 aromatic carbocycles. The number of amides is 1. The fraction of sp³-hybridized carbons (Fsp3) is 0.235. The van der Waals surface area contributed by atoms with Crippen LogP contribution in [0.15, 0.2) is 54.6 Å². The van der Waals surface area contributed by atoms with Gasteiger partial charge in [0.2, 0.25) is 5.91 Å². The Balaban J connectivity index is 1.84. The monoisotopic (exact) mass is 298 g/mol. The summed E-state index contributed by atoms with van der Waals surface area (Å²) in [5.74, 6) is 0.152. The summed E-state index contributed by atoms with van der Waals surface area (Å²) in [5.41, 5.74) is 1.97. The van der Waals surface area contributed by atoms with Crippen molar-refractivity contribution in [3.8, 4) is 0 Å². The fourth-order valence-electron chi connectivity index (χ4n) is 2.15. The van der Waals surface area contributed by atoms with Crippen molar-refractivity contribution in [2.75, 3.05) is 6.54 Å². The lowest BCUT2D eigenvalue weighted by atomic mass is 10.0. The van der Waals surface area contributed by atoms with E-state index >= 15 is 0 Å². The molecule has 0 saturated carbocycles. The third kappa shape index (κ3) is 4.41. The van der Waals surface area contributed by atoms with E-state index in [0.717, 1.165) is 5.56 Å². The van der Waals surface area contributed by atoms with Crippen LogP contribution in [-0.2, 0) is 11.2 Å². The number of nitro benzene ring substituents is 1. The summed E-state index contributed by atoms with van der Waals surface area (Å²) < 4.78 is 0. The van der Waals surface area contributed by atoms with E-state index in [0.29, 0.717) is 6.54 Å². The van der Waals surface area contributed by atoms with Gasteiger partial charge in [-0.25, -0.2) is 0 Å². The van der Waals surface area contributed by atoms with Gasteiger partial charge in [0.25, 0.3) is 5.69 Å². The van der Waals surface area contributed by atoms with Gasteiger partial charge in [0, 0.05) is 18.7 Å². The third-order valence-corrected chi connectivity index (χ3v) is 3.49. The Labute approximate surface area is 129 Å². The second kappa shape index (κ2) is 7.36. The van der Waals surface area contributed by atoms with Gasteiger partial charge < -0.3 is 5.32 Å². The maximum Gasteiger partial charge on any atom is 0.269 e. The number of nitrogens with zero attached hydrogens (tertiary/aromatic N) is 1.